The highest BCUT2D eigenvalue weighted by atomic mass is 16.5. The number of hydrogen-bond donors (Lipinski definition) is 1. The lowest BCUT2D eigenvalue weighted by Gasteiger charge is -2.40. The third kappa shape index (κ3) is 3.35. The Morgan fingerprint density at radius 1 is 1.50 bits per heavy atom. The summed E-state index contributed by atoms with van der Waals surface area (Å²) in [7, 11) is 1.53. The number of carboxylic acid groups (broad SMARTS) is 1. The van der Waals surface area contributed by atoms with Crippen molar-refractivity contribution in [3.8, 4) is 0 Å². The van der Waals surface area contributed by atoms with Gasteiger partial charge in [0.1, 0.15) is 6.04 Å². The number of carboxylic acids is 1. The Morgan fingerprint density at radius 3 is 2.56 bits per heavy atom. The van der Waals surface area contributed by atoms with Gasteiger partial charge in [-0.3, -0.25) is 0 Å². The van der Waals surface area contributed by atoms with Crippen molar-refractivity contribution in [2.75, 3.05) is 26.7 Å². The lowest BCUT2D eigenvalue weighted by atomic mass is 10.1. The Morgan fingerprint density at radius 2 is 2.11 bits per heavy atom. The molecule has 0 aromatic rings. The van der Waals surface area contributed by atoms with Gasteiger partial charge in [-0.15, -0.1) is 0 Å². The summed E-state index contributed by atoms with van der Waals surface area (Å²) in [6.45, 7) is 7.05. The first kappa shape index (κ1) is 14.8. The SMILES string of the molecule is CCC(C(=O)O)N(C)C(=O)N1CCOC(C)(C)C1. The Balaban J connectivity index is 2.71. The molecule has 1 unspecified atom stereocenters. The third-order valence-electron chi connectivity index (χ3n) is 3.14. The predicted molar refractivity (Wildman–Crippen MR) is 66.5 cm³/mol. The van der Waals surface area contributed by atoms with Crippen LogP contribution in [0.4, 0.5) is 4.79 Å². The van der Waals surface area contributed by atoms with Crippen molar-refractivity contribution in [1.82, 2.24) is 9.80 Å². The van der Waals surface area contributed by atoms with Crippen molar-refractivity contribution < 1.29 is 19.4 Å². The topological polar surface area (TPSA) is 70.1 Å². The normalized spacial score (nSPS) is 20.3. The van der Waals surface area contributed by atoms with Gasteiger partial charge in [0.2, 0.25) is 0 Å². The van der Waals surface area contributed by atoms with Crippen LogP contribution in [0.25, 0.3) is 0 Å². The monoisotopic (exact) mass is 258 g/mol. The first-order valence-electron chi connectivity index (χ1n) is 6.17. The van der Waals surface area contributed by atoms with Gasteiger partial charge in [-0.1, -0.05) is 6.92 Å². The fraction of sp³-hybridized carbons (Fsp3) is 0.833. The maximum atomic E-state index is 12.2. The van der Waals surface area contributed by atoms with Crippen LogP contribution in [0.5, 0.6) is 0 Å². The zero-order valence-electron chi connectivity index (χ0n) is 11.5. The van der Waals surface area contributed by atoms with Crippen LogP contribution >= 0.6 is 0 Å². The first-order valence-corrected chi connectivity index (χ1v) is 6.17. The van der Waals surface area contributed by atoms with E-state index in [2.05, 4.69) is 0 Å². The molecule has 1 atom stereocenters. The zero-order chi connectivity index (χ0) is 13.9. The molecule has 1 aliphatic rings. The van der Waals surface area contributed by atoms with Gasteiger partial charge < -0.3 is 19.6 Å². The van der Waals surface area contributed by atoms with E-state index in [0.717, 1.165) is 0 Å². The molecule has 0 saturated carbocycles. The fourth-order valence-electron chi connectivity index (χ4n) is 2.15. The standard InChI is InChI=1S/C12H22N2O4/c1-5-9(10(15)16)13(4)11(17)14-6-7-18-12(2,3)8-14/h9H,5-8H2,1-4H3,(H,15,16). The molecule has 0 aliphatic carbocycles. The van der Waals surface area contributed by atoms with Crippen molar-refractivity contribution in [3.63, 3.8) is 0 Å². The van der Waals surface area contributed by atoms with Gasteiger partial charge in [-0.05, 0) is 20.3 Å². The number of nitrogens with zero attached hydrogens (tertiary/aromatic N) is 2. The number of ether oxygens (including phenoxy) is 1. The lowest BCUT2D eigenvalue weighted by molar-refractivity contribution is -0.142. The van der Waals surface area contributed by atoms with Gasteiger partial charge in [-0.2, -0.15) is 0 Å². The molecule has 0 aromatic heterocycles. The average molecular weight is 258 g/mol. The van der Waals surface area contributed by atoms with Crippen LogP contribution < -0.4 is 0 Å². The molecule has 18 heavy (non-hydrogen) atoms. The Kier molecular flexibility index (Phi) is 4.56. The Labute approximate surface area is 107 Å². The molecule has 0 radical (unpaired) electrons. The van der Waals surface area contributed by atoms with Crippen LogP contribution in [0.2, 0.25) is 0 Å². The minimum absolute atomic E-state index is 0.249. The van der Waals surface area contributed by atoms with E-state index in [1.54, 1.807) is 11.8 Å². The summed E-state index contributed by atoms with van der Waals surface area (Å²) in [5, 5.41) is 9.06. The number of rotatable bonds is 3. The Hall–Kier alpha value is -1.30. The van der Waals surface area contributed by atoms with Crippen molar-refractivity contribution >= 4 is 12.0 Å². The van der Waals surface area contributed by atoms with Crippen LogP contribution in [-0.2, 0) is 9.53 Å². The van der Waals surface area contributed by atoms with E-state index in [0.29, 0.717) is 26.1 Å². The van der Waals surface area contributed by atoms with Gasteiger partial charge in [0.05, 0.1) is 18.8 Å². The van der Waals surface area contributed by atoms with E-state index in [4.69, 9.17) is 9.84 Å². The van der Waals surface area contributed by atoms with Crippen molar-refractivity contribution in [2.45, 2.75) is 38.8 Å². The van der Waals surface area contributed by atoms with E-state index in [9.17, 15) is 9.59 Å². The van der Waals surface area contributed by atoms with E-state index >= 15 is 0 Å². The molecule has 6 heteroatoms. The van der Waals surface area contributed by atoms with Crippen LogP contribution in [0.3, 0.4) is 0 Å². The molecule has 1 fully saturated rings. The molecule has 0 bridgehead atoms. The van der Waals surface area contributed by atoms with E-state index < -0.39 is 12.0 Å². The molecule has 1 saturated heterocycles. The third-order valence-corrected chi connectivity index (χ3v) is 3.14. The maximum Gasteiger partial charge on any atom is 0.326 e. The van der Waals surface area contributed by atoms with Crippen LogP contribution in [-0.4, -0.2) is 65.3 Å². The largest absolute Gasteiger partial charge is 0.480 e. The minimum Gasteiger partial charge on any atom is -0.480 e. The van der Waals surface area contributed by atoms with Crippen LogP contribution in [0.15, 0.2) is 0 Å². The first-order chi connectivity index (χ1) is 8.28. The van der Waals surface area contributed by atoms with Gasteiger partial charge in [0.25, 0.3) is 0 Å². The molecule has 1 rings (SSSR count). The summed E-state index contributed by atoms with van der Waals surface area (Å²) < 4.78 is 5.53. The molecule has 1 N–H and O–H groups in total. The molecule has 6 nitrogen and oxygen atoms in total. The molecule has 1 heterocycles. The molecular weight excluding hydrogens is 236 g/mol. The summed E-state index contributed by atoms with van der Waals surface area (Å²) in [6, 6.07) is -1.02. The van der Waals surface area contributed by atoms with Gasteiger partial charge in [0.15, 0.2) is 0 Å². The molecule has 1 aliphatic heterocycles. The smallest absolute Gasteiger partial charge is 0.326 e. The molecule has 0 spiro atoms. The number of carbonyl (C=O) groups excluding carboxylic acids is 1. The molecular formula is C12H22N2O4. The van der Waals surface area contributed by atoms with Crippen LogP contribution in [0, 0.1) is 0 Å². The van der Waals surface area contributed by atoms with E-state index in [-0.39, 0.29) is 11.6 Å². The number of urea groups is 1. The van der Waals surface area contributed by atoms with Crippen molar-refractivity contribution in [1.29, 1.82) is 0 Å². The maximum absolute atomic E-state index is 12.2. The summed E-state index contributed by atoms with van der Waals surface area (Å²) in [5.74, 6) is -0.971. The van der Waals surface area contributed by atoms with Gasteiger partial charge in [0, 0.05) is 13.6 Å². The second-order valence-corrected chi connectivity index (χ2v) is 5.19. The second kappa shape index (κ2) is 5.56. The highest BCUT2D eigenvalue weighted by Crippen LogP contribution is 2.18. The molecule has 2 amide bonds. The van der Waals surface area contributed by atoms with E-state index in [1.165, 1.54) is 11.9 Å². The number of likely N-dealkylation sites (N-methyl/N-ethyl adjacent to an activating group) is 1. The highest BCUT2D eigenvalue weighted by Gasteiger charge is 2.34. The van der Waals surface area contributed by atoms with Gasteiger partial charge in [-0.25, -0.2) is 9.59 Å². The molecule has 0 aromatic carbocycles. The number of amides is 2. The fourth-order valence-corrected chi connectivity index (χ4v) is 2.15. The minimum atomic E-state index is -0.971. The summed E-state index contributed by atoms with van der Waals surface area (Å²) >= 11 is 0. The zero-order valence-corrected chi connectivity index (χ0v) is 11.5. The van der Waals surface area contributed by atoms with Crippen molar-refractivity contribution in [2.24, 2.45) is 0 Å². The molecule has 104 valence electrons. The quantitative estimate of drug-likeness (QED) is 0.820. The van der Waals surface area contributed by atoms with E-state index in [1.807, 2.05) is 13.8 Å². The average Bonchev–Trinajstić information content (AvgIpc) is 2.26. The number of hydrogen-bond acceptors (Lipinski definition) is 3. The summed E-state index contributed by atoms with van der Waals surface area (Å²) in [6.07, 6.45) is 0.394. The number of carbonyl (C=O) groups is 2. The lowest BCUT2D eigenvalue weighted by Crippen LogP contribution is -2.56. The predicted octanol–water partition coefficient (Wildman–Crippen LogP) is 1.01. The highest BCUT2D eigenvalue weighted by molar-refractivity contribution is 5.82. The van der Waals surface area contributed by atoms with Crippen molar-refractivity contribution in [3.05, 3.63) is 0 Å². The second-order valence-electron chi connectivity index (χ2n) is 5.19. The van der Waals surface area contributed by atoms with Crippen LogP contribution in [0.1, 0.15) is 27.2 Å². The summed E-state index contributed by atoms with van der Waals surface area (Å²) in [4.78, 5) is 26.2. The van der Waals surface area contributed by atoms with Gasteiger partial charge >= 0.3 is 12.0 Å². The summed E-state index contributed by atoms with van der Waals surface area (Å²) in [5.41, 5.74) is -0.375. The Bertz CT molecular complexity index is 330. The number of aliphatic carboxylic acids is 1. The number of morpholine rings is 1.